The Balaban J connectivity index is 1.52. The molecule has 1 saturated heterocycles. The zero-order chi connectivity index (χ0) is 20.5. The van der Waals surface area contributed by atoms with E-state index >= 15 is 0 Å². The zero-order valence-electron chi connectivity index (χ0n) is 16.9. The van der Waals surface area contributed by atoms with Crippen molar-refractivity contribution in [1.29, 1.82) is 0 Å². The molecule has 6 nitrogen and oxygen atoms in total. The number of nitrogens with one attached hydrogen (secondary N) is 2. The fraction of sp³-hybridized carbons (Fsp3) is 0.391. The standard InChI is InChI=1S/C23H29N3O3/c1-18-7-9-20(10-8-18)21(26-13-15-29-16-14-26)17-25-23(28)22(27)24-12-11-19-5-3-2-4-6-19/h2-10,21H,11-17H2,1H3,(H,24,27)(H,25,28)/t21-/m0/s1. The van der Waals surface area contributed by atoms with Gasteiger partial charge in [0.1, 0.15) is 0 Å². The van der Waals surface area contributed by atoms with E-state index in [-0.39, 0.29) is 6.04 Å². The molecule has 1 atom stereocenters. The lowest BCUT2D eigenvalue weighted by Gasteiger charge is -2.35. The van der Waals surface area contributed by atoms with Gasteiger partial charge in [0.05, 0.1) is 19.3 Å². The number of benzene rings is 2. The third-order valence-corrected chi connectivity index (χ3v) is 5.15. The molecule has 0 radical (unpaired) electrons. The quantitative estimate of drug-likeness (QED) is 0.702. The average Bonchev–Trinajstić information content (AvgIpc) is 2.76. The first-order valence-electron chi connectivity index (χ1n) is 10.1. The topological polar surface area (TPSA) is 70.7 Å². The molecule has 0 saturated carbocycles. The monoisotopic (exact) mass is 395 g/mol. The molecule has 0 spiro atoms. The molecule has 1 fully saturated rings. The number of aryl methyl sites for hydroxylation is 1. The van der Waals surface area contributed by atoms with Gasteiger partial charge in [-0.1, -0.05) is 60.2 Å². The van der Waals surface area contributed by atoms with Crippen LogP contribution in [0.1, 0.15) is 22.7 Å². The minimum absolute atomic E-state index is 0.0144. The summed E-state index contributed by atoms with van der Waals surface area (Å²) in [6.07, 6.45) is 0.694. The van der Waals surface area contributed by atoms with Crippen LogP contribution in [0.25, 0.3) is 0 Å². The summed E-state index contributed by atoms with van der Waals surface area (Å²) in [4.78, 5) is 26.7. The predicted molar refractivity (Wildman–Crippen MR) is 112 cm³/mol. The maximum Gasteiger partial charge on any atom is 0.309 e. The number of rotatable bonds is 7. The molecule has 1 heterocycles. The second-order valence-corrected chi connectivity index (χ2v) is 7.28. The van der Waals surface area contributed by atoms with Crippen LogP contribution in [0.2, 0.25) is 0 Å². The van der Waals surface area contributed by atoms with E-state index in [1.807, 2.05) is 30.3 Å². The summed E-state index contributed by atoms with van der Waals surface area (Å²) in [6.45, 7) is 5.83. The van der Waals surface area contributed by atoms with Crippen LogP contribution >= 0.6 is 0 Å². The summed E-state index contributed by atoms with van der Waals surface area (Å²) in [5.74, 6) is -1.19. The van der Waals surface area contributed by atoms with E-state index < -0.39 is 11.8 Å². The predicted octanol–water partition coefficient (Wildman–Crippen LogP) is 1.84. The lowest BCUT2D eigenvalue weighted by molar-refractivity contribution is -0.139. The van der Waals surface area contributed by atoms with Gasteiger partial charge in [0.2, 0.25) is 0 Å². The Labute approximate surface area is 172 Å². The Morgan fingerprint density at radius 1 is 0.966 bits per heavy atom. The molecular formula is C23H29N3O3. The van der Waals surface area contributed by atoms with Crippen LogP contribution in [0, 0.1) is 6.92 Å². The lowest BCUT2D eigenvalue weighted by Crippen LogP contribution is -2.47. The molecule has 1 aliphatic heterocycles. The Morgan fingerprint density at radius 2 is 1.62 bits per heavy atom. The highest BCUT2D eigenvalue weighted by Crippen LogP contribution is 2.21. The molecule has 2 amide bonds. The van der Waals surface area contributed by atoms with Crippen molar-refractivity contribution in [3.63, 3.8) is 0 Å². The van der Waals surface area contributed by atoms with E-state index in [0.29, 0.717) is 32.7 Å². The van der Waals surface area contributed by atoms with Crippen LogP contribution in [0.5, 0.6) is 0 Å². The van der Waals surface area contributed by atoms with Crippen molar-refractivity contribution in [3.8, 4) is 0 Å². The summed E-state index contributed by atoms with van der Waals surface area (Å²) >= 11 is 0. The van der Waals surface area contributed by atoms with Gasteiger partial charge < -0.3 is 15.4 Å². The summed E-state index contributed by atoms with van der Waals surface area (Å²) in [5.41, 5.74) is 3.44. The molecule has 6 heteroatoms. The van der Waals surface area contributed by atoms with Gasteiger partial charge in [0.15, 0.2) is 0 Å². The van der Waals surface area contributed by atoms with Crippen LogP contribution in [-0.4, -0.2) is 56.1 Å². The van der Waals surface area contributed by atoms with Crippen molar-refractivity contribution in [1.82, 2.24) is 15.5 Å². The van der Waals surface area contributed by atoms with E-state index in [9.17, 15) is 9.59 Å². The zero-order valence-corrected chi connectivity index (χ0v) is 16.9. The smallest absolute Gasteiger partial charge is 0.309 e. The van der Waals surface area contributed by atoms with Gasteiger partial charge in [0, 0.05) is 26.2 Å². The lowest BCUT2D eigenvalue weighted by atomic mass is 10.0. The molecule has 0 unspecified atom stereocenters. The maximum absolute atomic E-state index is 12.3. The largest absolute Gasteiger partial charge is 0.379 e. The van der Waals surface area contributed by atoms with Crippen molar-refractivity contribution >= 4 is 11.8 Å². The average molecular weight is 396 g/mol. The van der Waals surface area contributed by atoms with Gasteiger partial charge in [0.25, 0.3) is 0 Å². The molecule has 0 bridgehead atoms. The highest BCUT2D eigenvalue weighted by atomic mass is 16.5. The van der Waals surface area contributed by atoms with E-state index in [1.165, 1.54) is 5.56 Å². The summed E-state index contributed by atoms with van der Waals surface area (Å²) < 4.78 is 5.46. The molecule has 1 aliphatic rings. The van der Waals surface area contributed by atoms with E-state index in [0.717, 1.165) is 24.2 Å². The maximum atomic E-state index is 12.3. The first kappa shape index (κ1) is 21.0. The third-order valence-electron chi connectivity index (χ3n) is 5.15. The van der Waals surface area contributed by atoms with Gasteiger partial charge in [-0.05, 0) is 24.5 Å². The minimum Gasteiger partial charge on any atom is -0.379 e. The van der Waals surface area contributed by atoms with Gasteiger partial charge in [-0.25, -0.2) is 0 Å². The Kier molecular flexibility index (Phi) is 7.78. The number of carbonyl (C=O) groups is 2. The number of amides is 2. The first-order chi connectivity index (χ1) is 14.1. The number of hydrogen-bond donors (Lipinski definition) is 2. The van der Waals surface area contributed by atoms with Crippen LogP contribution in [0.4, 0.5) is 0 Å². The molecular weight excluding hydrogens is 366 g/mol. The summed E-state index contributed by atoms with van der Waals surface area (Å²) in [7, 11) is 0. The highest BCUT2D eigenvalue weighted by Gasteiger charge is 2.24. The van der Waals surface area contributed by atoms with Crippen molar-refractivity contribution in [2.75, 3.05) is 39.4 Å². The Morgan fingerprint density at radius 3 is 2.31 bits per heavy atom. The van der Waals surface area contributed by atoms with Crippen molar-refractivity contribution in [3.05, 3.63) is 71.3 Å². The van der Waals surface area contributed by atoms with Gasteiger partial charge in [-0.3, -0.25) is 14.5 Å². The van der Waals surface area contributed by atoms with Crippen molar-refractivity contribution in [2.45, 2.75) is 19.4 Å². The molecule has 0 aliphatic carbocycles. The Hall–Kier alpha value is -2.70. The number of hydrogen-bond acceptors (Lipinski definition) is 4. The van der Waals surface area contributed by atoms with Crippen LogP contribution in [-0.2, 0) is 20.7 Å². The number of carbonyl (C=O) groups excluding carboxylic acids is 2. The first-order valence-corrected chi connectivity index (χ1v) is 10.1. The number of morpholine rings is 1. The molecule has 3 rings (SSSR count). The van der Waals surface area contributed by atoms with Crippen molar-refractivity contribution < 1.29 is 14.3 Å². The Bertz CT molecular complexity index is 787. The fourth-order valence-corrected chi connectivity index (χ4v) is 3.45. The fourth-order valence-electron chi connectivity index (χ4n) is 3.45. The molecule has 2 N–H and O–H groups in total. The minimum atomic E-state index is -0.594. The van der Waals surface area contributed by atoms with Crippen molar-refractivity contribution in [2.24, 2.45) is 0 Å². The SMILES string of the molecule is Cc1ccc([C@H](CNC(=O)C(=O)NCCc2ccccc2)N2CCOCC2)cc1. The van der Waals surface area contributed by atoms with Gasteiger partial charge in [-0.2, -0.15) is 0 Å². The summed E-state index contributed by atoms with van der Waals surface area (Å²) in [5, 5.41) is 5.50. The van der Waals surface area contributed by atoms with Gasteiger partial charge in [-0.15, -0.1) is 0 Å². The molecule has 154 valence electrons. The van der Waals surface area contributed by atoms with Gasteiger partial charge >= 0.3 is 11.8 Å². The normalized spacial score (nSPS) is 15.5. The van der Waals surface area contributed by atoms with Crippen LogP contribution in [0.3, 0.4) is 0 Å². The van der Waals surface area contributed by atoms with E-state index in [2.05, 4.69) is 46.7 Å². The molecule has 0 aromatic heterocycles. The second kappa shape index (κ2) is 10.7. The highest BCUT2D eigenvalue weighted by molar-refractivity contribution is 6.35. The number of ether oxygens (including phenoxy) is 1. The van der Waals surface area contributed by atoms with Crippen LogP contribution < -0.4 is 10.6 Å². The number of nitrogens with zero attached hydrogens (tertiary/aromatic N) is 1. The molecule has 2 aromatic carbocycles. The molecule has 2 aromatic rings. The second-order valence-electron chi connectivity index (χ2n) is 7.28. The van der Waals surface area contributed by atoms with Crippen LogP contribution in [0.15, 0.2) is 54.6 Å². The molecule has 29 heavy (non-hydrogen) atoms. The third kappa shape index (κ3) is 6.41. The summed E-state index contributed by atoms with van der Waals surface area (Å²) in [6, 6.07) is 18.2. The van der Waals surface area contributed by atoms with E-state index in [4.69, 9.17) is 4.74 Å². The van der Waals surface area contributed by atoms with E-state index in [1.54, 1.807) is 0 Å².